The first kappa shape index (κ1) is 26.1. The van der Waals surface area contributed by atoms with E-state index >= 15 is 0 Å². The summed E-state index contributed by atoms with van der Waals surface area (Å²) >= 11 is 0. The molecule has 1 aliphatic heterocycles. The SMILES string of the molecule is COc1cccc(F)c1-c1ncc2[nH]nc(-c3ccc(N4CCN(C(=O)CCCCC(N)=O)CC4)cc3)c2n1. The second kappa shape index (κ2) is 11.5. The number of methoxy groups -OCH3 is 1. The Bertz CT molecular complexity index is 1480. The van der Waals surface area contributed by atoms with Crippen molar-refractivity contribution in [1.82, 2.24) is 25.1 Å². The number of ether oxygens (including phenoxy) is 1. The fourth-order valence-corrected chi connectivity index (χ4v) is 4.80. The maximum Gasteiger partial charge on any atom is 0.222 e. The average Bonchev–Trinajstić information content (AvgIpc) is 3.38. The summed E-state index contributed by atoms with van der Waals surface area (Å²) in [7, 11) is 1.48. The number of nitrogens with two attached hydrogens (primary N) is 1. The Labute approximate surface area is 225 Å². The van der Waals surface area contributed by atoms with Crippen LogP contribution in [0, 0.1) is 5.82 Å². The molecule has 0 saturated carbocycles. The van der Waals surface area contributed by atoms with Crippen LogP contribution >= 0.6 is 0 Å². The van der Waals surface area contributed by atoms with E-state index in [2.05, 4.69) is 25.1 Å². The van der Waals surface area contributed by atoms with Crippen molar-refractivity contribution in [3.05, 3.63) is 54.5 Å². The van der Waals surface area contributed by atoms with Gasteiger partial charge in [-0.25, -0.2) is 14.4 Å². The number of anilines is 1. The molecule has 2 aromatic heterocycles. The molecule has 3 N–H and O–H groups in total. The molecule has 39 heavy (non-hydrogen) atoms. The largest absolute Gasteiger partial charge is 0.496 e. The number of nitrogens with zero attached hydrogens (tertiary/aromatic N) is 5. The minimum absolute atomic E-state index is 0.120. The zero-order valence-electron chi connectivity index (χ0n) is 21.7. The van der Waals surface area contributed by atoms with Gasteiger partial charge in [-0.1, -0.05) is 18.2 Å². The summed E-state index contributed by atoms with van der Waals surface area (Å²) in [6.45, 7) is 2.77. The molecule has 1 aliphatic rings. The van der Waals surface area contributed by atoms with Crippen LogP contribution in [0.5, 0.6) is 5.75 Å². The Morgan fingerprint density at radius 1 is 1.05 bits per heavy atom. The highest BCUT2D eigenvalue weighted by molar-refractivity contribution is 5.90. The number of aromatic nitrogens is 4. The highest BCUT2D eigenvalue weighted by Crippen LogP contribution is 2.33. The van der Waals surface area contributed by atoms with Crippen LogP contribution in [0.2, 0.25) is 0 Å². The molecule has 0 spiro atoms. The van der Waals surface area contributed by atoms with E-state index in [-0.39, 0.29) is 23.2 Å². The lowest BCUT2D eigenvalue weighted by molar-refractivity contribution is -0.131. The zero-order chi connectivity index (χ0) is 27.4. The first-order valence-corrected chi connectivity index (χ1v) is 12.9. The molecule has 1 fully saturated rings. The molecular formula is C28H30FN7O3. The summed E-state index contributed by atoms with van der Waals surface area (Å²) in [5.41, 5.74) is 9.14. The van der Waals surface area contributed by atoms with Gasteiger partial charge in [-0.15, -0.1) is 0 Å². The van der Waals surface area contributed by atoms with Gasteiger partial charge in [0.25, 0.3) is 0 Å². The van der Waals surface area contributed by atoms with Gasteiger partial charge in [0.05, 0.1) is 18.9 Å². The number of nitrogens with one attached hydrogen (secondary N) is 1. The van der Waals surface area contributed by atoms with E-state index in [0.29, 0.717) is 61.2 Å². The third-order valence-corrected chi connectivity index (χ3v) is 6.92. The van der Waals surface area contributed by atoms with Crippen molar-refractivity contribution >= 4 is 28.5 Å². The third-order valence-electron chi connectivity index (χ3n) is 6.92. The monoisotopic (exact) mass is 531 g/mol. The summed E-state index contributed by atoms with van der Waals surface area (Å²) < 4.78 is 20.0. The van der Waals surface area contributed by atoms with E-state index in [1.165, 1.54) is 13.2 Å². The number of carbonyl (C=O) groups is 2. The van der Waals surface area contributed by atoms with E-state index in [1.807, 2.05) is 29.2 Å². The summed E-state index contributed by atoms with van der Waals surface area (Å²) in [4.78, 5) is 36.4. The number of aromatic amines is 1. The summed E-state index contributed by atoms with van der Waals surface area (Å²) in [5, 5.41) is 7.40. The Kier molecular flexibility index (Phi) is 7.67. The highest BCUT2D eigenvalue weighted by atomic mass is 19.1. The normalized spacial score (nSPS) is 13.6. The molecule has 202 valence electrons. The van der Waals surface area contributed by atoms with Gasteiger partial charge < -0.3 is 20.3 Å². The van der Waals surface area contributed by atoms with Gasteiger partial charge in [-0.3, -0.25) is 14.7 Å². The van der Waals surface area contributed by atoms with Crippen LogP contribution in [-0.2, 0) is 9.59 Å². The third kappa shape index (κ3) is 5.66. The number of fused-ring (bicyclic) bond motifs is 1. The van der Waals surface area contributed by atoms with E-state index in [0.717, 1.165) is 24.3 Å². The van der Waals surface area contributed by atoms with Crippen molar-refractivity contribution in [1.29, 1.82) is 0 Å². The minimum atomic E-state index is -0.465. The van der Waals surface area contributed by atoms with Gasteiger partial charge in [0, 0.05) is 50.3 Å². The second-order valence-corrected chi connectivity index (χ2v) is 9.43. The number of primary amides is 1. The number of hydrogen-bond donors (Lipinski definition) is 2. The maximum absolute atomic E-state index is 14.6. The first-order valence-electron chi connectivity index (χ1n) is 12.9. The Hall–Kier alpha value is -4.54. The van der Waals surface area contributed by atoms with Crippen LogP contribution in [0.15, 0.2) is 48.7 Å². The summed E-state index contributed by atoms with van der Waals surface area (Å²) in [6.07, 6.45) is 3.66. The lowest BCUT2D eigenvalue weighted by Gasteiger charge is -2.36. The average molecular weight is 532 g/mol. The standard InChI is InChI=1S/C28H30FN7O3/c1-39-22-6-4-5-20(29)25(22)28-31-17-21-27(32-28)26(34-33-21)18-9-11-19(12-10-18)35-13-15-36(16-14-35)24(38)8-3-2-7-23(30)37/h4-6,9-12,17H,2-3,7-8,13-16H2,1H3,(H2,30,37)(H,33,34). The Balaban J connectivity index is 1.27. The van der Waals surface area contributed by atoms with Crippen LogP contribution in [0.25, 0.3) is 33.7 Å². The molecule has 5 rings (SSSR count). The molecule has 11 heteroatoms. The number of piperazine rings is 1. The fraction of sp³-hybridized carbons (Fsp3) is 0.321. The Morgan fingerprint density at radius 3 is 2.51 bits per heavy atom. The minimum Gasteiger partial charge on any atom is -0.496 e. The van der Waals surface area contributed by atoms with Crippen LogP contribution in [0.4, 0.5) is 10.1 Å². The predicted octanol–water partition coefficient (Wildman–Crippen LogP) is 3.53. The van der Waals surface area contributed by atoms with Gasteiger partial charge >= 0.3 is 0 Å². The molecule has 4 aromatic rings. The van der Waals surface area contributed by atoms with E-state index < -0.39 is 5.82 Å². The fourth-order valence-electron chi connectivity index (χ4n) is 4.80. The summed E-state index contributed by atoms with van der Waals surface area (Å²) in [6, 6.07) is 12.6. The molecule has 0 radical (unpaired) electrons. The lowest BCUT2D eigenvalue weighted by atomic mass is 10.1. The quantitative estimate of drug-likeness (QED) is 0.316. The maximum atomic E-state index is 14.6. The van der Waals surface area contributed by atoms with Crippen molar-refractivity contribution in [3.63, 3.8) is 0 Å². The number of benzene rings is 2. The number of hydrogen-bond acceptors (Lipinski definition) is 7. The van der Waals surface area contributed by atoms with Crippen LogP contribution < -0.4 is 15.4 Å². The molecule has 10 nitrogen and oxygen atoms in total. The molecule has 0 atom stereocenters. The second-order valence-electron chi connectivity index (χ2n) is 9.43. The molecule has 1 saturated heterocycles. The van der Waals surface area contributed by atoms with E-state index in [4.69, 9.17) is 10.5 Å². The number of carbonyl (C=O) groups excluding carboxylic acids is 2. The van der Waals surface area contributed by atoms with Gasteiger partial charge in [-0.2, -0.15) is 5.10 Å². The van der Waals surface area contributed by atoms with E-state index in [9.17, 15) is 14.0 Å². The topological polar surface area (TPSA) is 130 Å². The van der Waals surface area contributed by atoms with Gasteiger partial charge in [0.1, 0.15) is 28.3 Å². The number of halogens is 1. The molecule has 3 heterocycles. The number of amides is 2. The summed E-state index contributed by atoms with van der Waals surface area (Å²) in [5.74, 6) is -0.100. The predicted molar refractivity (Wildman–Crippen MR) is 146 cm³/mol. The lowest BCUT2D eigenvalue weighted by Crippen LogP contribution is -2.48. The molecule has 0 unspecified atom stereocenters. The zero-order valence-corrected chi connectivity index (χ0v) is 21.7. The Morgan fingerprint density at radius 2 is 1.79 bits per heavy atom. The smallest absolute Gasteiger partial charge is 0.222 e. The molecule has 2 aromatic carbocycles. The first-order chi connectivity index (χ1) is 18.9. The van der Waals surface area contributed by atoms with Gasteiger partial charge in [0.15, 0.2) is 5.82 Å². The van der Waals surface area contributed by atoms with Gasteiger partial charge in [-0.05, 0) is 37.1 Å². The van der Waals surface area contributed by atoms with Crippen LogP contribution in [0.1, 0.15) is 25.7 Å². The molecule has 2 amide bonds. The van der Waals surface area contributed by atoms with Crippen LogP contribution in [0.3, 0.4) is 0 Å². The highest BCUT2D eigenvalue weighted by Gasteiger charge is 2.22. The van der Waals surface area contributed by atoms with E-state index in [1.54, 1.807) is 18.3 Å². The number of unbranched alkanes of at least 4 members (excludes halogenated alkanes) is 1. The molecular weight excluding hydrogens is 501 g/mol. The number of H-pyrrole nitrogens is 1. The van der Waals surface area contributed by atoms with Crippen molar-refractivity contribution in [3.8, 4) is 28.4 Å². The van der Waals surface area contributed by atoms with Crippen LogP contribution in [-0.4, -0.2) is 70.2 Å². The molecule has 0 bridgehead atoms. The van der Waals surface area contributed by atoms with Crippen molar-refractivity contribution in [2.45, 2.75) is 25.7 Å². The van der Waals surface area contributed by atoms with Crippen molar-refractivity contribution in [2.24, 2.45) is 5.73 Å². The van der Waals surface area contributed by atoms with Crippen molar-refractivity contribution in [2.75, 3.05) is 38.2 Å². The van der Waals surface area contributed by atoms with Gasteiger partial charge in [0.2, 0.25) is 11.8 Å². The van der Waals surface area contributed by atoms with Crippen molar-refractivity contribution < 1.29 is 18.7 Å². The number of rotatable bonds is 9. The molecule has 0 aliphatic carbocycles.